The highest BCUT2D eigenvalue weighted by Crippen LogP contribution is 2.34. The van der Waals surface area contributed by atoms with Crippen LogP contribution in [0.25, 0.3) is 11.3 Å². The summed E-state index contributed by atoms with van der Waals surface area (Å²) in [6.07, 6.45) is 4.54. The Morgan fingerprint density at radius 1 is 1.22 bits per heavy atom. The number of fused-ring (bicyclic) bond motifs is 1. The summed E-state index contributed by atoms with van der Waals surface area (Å²) in [6.45, 7) is 2.58. The van der Waals surface area contributed by atoms with Crippen LogP contribution in [0.2, 0.25) is 0 Å². The van der Waals surface area contributed by atoms with Gasteiger partial charge < -0.3 is 14.7 Å². The summed E-state index contributed by atoms with van der Waals surface area (Å²) >= 11 is 5.61. The minimum absolute atomic E-state index is 0.141. The molecule has 0 saturated heterocycles. The third kappa shape index (κ3) is 3.60. The molecule has 2 aromatic heterocycles. The van der Waals surface area contributed by atoms with Crippen LogP contribution in [0.5, 0.6) is 0 Å². The molecular weight excluding hydrogens is 356 g/mol. The van der Waals surface area contributed by atoms with Gasteiger partial charge in [0.25, 0.3) is 5.91 Å². The van der Waals surface area contributed by atoms with Gasteiger partial charge in [-0.15, -0.1) is 0 Å². The first-order chi connectivity index (χ1) is 13.1. The van der Waals surface area contributed by atoms with Crippen LogP contribution >= 0.6 is 12.2 Å². The van der Waals surface area contributed by atoms with E-state index in [-0.39, 0.29) is 5.91 Å². The number of benzene rings is 1. The number of pyridine rings is 1. The second kappa shape index (κ2) is 7.53. The number of carbonyl (C=O) groups is 1. The van der Waals surface area contributed by atoms with Crippen molar-refractivity contribution in [1.82, 2.24) is 10.3 Å². The Morgan fingerprint density at radius 2 is 2.04 bits per heavy atom. The number of hydrogen-bond acceptors (Lipinski definition) is 3. The maximum atomic E-state index is 12.9. The van der Waals surface area contributed by atoms with Crippen molar-refractivity contribution >= 4 is 18.1 Å². The average molecular weight is 378 g/mol. The van der Waals surface area contributed by atoms with Crippen LogP contribution in [0.3, 0.4) is 0 Å². The van der Waals surface area contributed by atoms with Crippen molar-refractivity contribution in [3.05, 3.63) is 75.8 Å². The first kappa shape index (κ1) is 17.7. The number of hydrogen-bond donors (Lipinski definition) is 2. The quantitative estimate of drug-likeness (QED) is 0.624. The fourth-order valence-electron chi connectivity index (χ4n) is 3.79. The molecule has 2 N–H and O–H groups in total. The first-order valence-corrected chi connectivity index (χ1v) is 9.68. The van der Waals surface area contributed by atoms with Crippen molar-refractivity contribution in [2.45, 2.75) is 32.7 Å². The number of amides is 1. The Morgan fingerprint density at radius 3 is 2.78 bits per heavy atom. The van der Waals surface area contributed by atoms with E-state index in [1.165, 1.54) is 5.56 Å². The van der Waals surface area contributed by atoms with Gasteiger partial charge >= 0.3 is 0 Å². The number of aromatic nitrogens is 1. The van der Waals surface area contributed by atoms with Crippen molar-refractivity contribution in [1.29, 1.82) is 0 Å². The Hall–Kier alpha value is -2.66. The molecule has 138 valence electrons. The number of carbonyl (C=O) groups excluding carboxylic acids is 1. The van der Waals surface area contributed by atoms with Crippen molar-refractivity contribution in [3.8, 4) is 11.3 Å². The van der Waals surface area contributed by atoms with Gasteiger partial charge in [0.1, 0.15) is 10.4 Å². The Labute approximate surface area is 163 Å². The molecule has 0 spiro atoms. The smallest absolute Gasteiger partial charge is 0.254 e. The van der Waals surface area contributed by atoms with Crippen LogP contribution in [0, 0.1) is 10.6 Å². The highest BCUT2D eigenvalue weighted by atomic mass is 32.1. The zero-order chi connectivity index (χ0) is 18.8. The lowest BCUT2D eigenvalue weighted by Crippen LogP contribution is -2.27. The second-order valence-corrected chi connectivity index (χ2v) is 7.55. The first-order valence-electron chi connectivity index (χ1n) is 9.27. The largest absolute Gasteiger partial charge is 0.467 e. The number of aromatic amines is 1. The zero-order valence-electron chi connectivity index (χ0n) is 15.2. The van der Waals surface area contributed by atoms with E-state index in [0.29, 0.717) is 22.7 Å². The summed E-state index contributed by atoms with van der Waals surface area (Å²) in [5, 5.41) is 2.95. The van der Waals surface area contributed by atoms with Gasteiger partial charge in [-0.3, -0.25) is 4.79 Å². The molecule has 0 fully saturated rings. The SMILES string of the molecule is CC1CCc2c(-c3ccccc3)[nH]c(=S)c(C(=O)NCc3ccco3)c2C1. The molecule has 0 bridgehead atoms. The van der Waals surface area contributed by atoms with Crippen LogP contribution in [-0.2, 0) is 19.4 Å². The lowest BCUT2D eigenvalue weighted by atomic mass is 9.81. The number of H-pyrrole nitrogens is 1. The Balaban J connectivity index is 1.76. The molecule has 4 rings (SSSR count). The van der Waals surface area contributed by atoms with E-state index in [0.717, 1.165) is 41.8 Å². The van der Waals surface area contributed by atoms with Gasteiger partial charge in [0.2, 0.25) is 0 Å². The van der Waals surface area contributed by atoms with Crippen molar-refractivity contribution in [2.24, 2.45) is 5.92 Å². The molecule has 1 atom stereocenters. The standard InChI is InChI=1S/C22H22N2O2S/c1-14-9-10-17-18(12-14)19(21(25)23-13-16-8-5-11-26-16)22(27)24-20(17)15-6-3-2-4-7-15/h2-8,11,14H,9-10,12-13H2,1H3,(H,23,25)(H,24,27). The highest BCUT2D eigenvalue weighted by molar-refractivity contribution is 7.71. The van der Waals surface area contributed by atoms with E-state index in [9.17, 15) is 4.79 Å². The number of furan rings is 1. The summed E-state index contributed by atoms with van der Waals surface area (Å²) < 4.78 is 5.81. The molecular formula is C22H22N2O2S. The van der Waals surface area contributed by atoms with E-state index in [1.54, 1.807) is 6.26 Å². The van der Waals surface area contributed by atoms with E-state index >= 15 is 0 Å². The molecule has 2 heterocycles. The molecule has 1 aromatic carbocycles. The molecule has 1 amide bonds. The van der Waals surface area contributed by atoms with Crippen molar-refractivity contribution in [3.63, 3.8) is 0 Å². The van der Waals surface area contributed by atoms with Gasteiger partial charge in [-0.1, -0.05) is 49.5 Å². The van der Waals surface area contributed by atoms with Crippen molar-refractivity contribution < 1.29 is 9.21 Å². The molecule has 1 aliphatic carbocycles. The minimum atomic E-state index is -0.141. The Bertz CT molecular complexity index is 1010. The second-order valence-electron chi connectivity index (χ2n) is 7.14. The molecule has 1 unspecified atom stereocenters. The maximum Gasteiger partial charge on any atom is 0.254 e. The van der Waals surface area contributed by atoms with Crippen LogP contribution in [-0.4, -0.2) is 10.9 Å². The average Bonchev–Trinajstić information content (AvgIpc) is 3.19. The van der Waals surface area contributed by atoms with E-state index in [2.05, 4.69) is 29.4 Å². The summed E-state index contributed by atoms with van der Waals surface area (Å²) in [6, 6.07) is 13.9. The third-order valence-electron chi connectivity index (χ3n) is 5.17. The number of rotatable bonds is 4. The Kier molecular flexibility index (Phi) is 4.94. The van der Waals surface area contributed by atoms with E-state index in [4.69, 9.17) is 16.6 Å². The third-order valence-corrected chi connectivity index (χ3v) is 5.47. The molecule has 27 heavy (non-hydrogen) atoms. The van der Waals surface area contributed by atoms with Crippen LogP contribution in [0.4, 0.5) is 0 Å². The predicted octanol–water partition coefficient (Wildman–Crippen LogP) is 5.06. The molecule has 3 aromatic rings. The molecule has 0 saturated carbocycles. The van der Waals surface area contributed by atoms with Crippen LogP contribution in [0.1, 0.15) is 40.6 Å². The number of nitrogens with one attached hydrogen (secondary N) is 2. The highest BCUT2D eigenvalue weighted by Gasteiger charge is 2.26. The summed E-state index contributed by atoms with van der Waals surface area (Å²) in [5.74, 6) is 1.12. The summed E-state index contributed by atoms with van der Waals surface area (Å²) in [5.41, 5.74) is 5.07. The van der Waals surface area contributed by atoms with Gasteiger partial charge in [-0.25, -0.2) is 0 Å². The fraction of sp³-hybridized carbons (Fsp3) is 0.273. The van der Waals surface area contributed by atoms with Gasteiger partial charge in [-0.05, 0) is 54.0 Å². The van der Waals surface area contributed by atoms with Gasteiger partial charge in [0.15, 0.2) is 0 Å². The lowest BCUT2D eigenvalue weighted by molar-refractivity contribution is 0.0945. The minimum Gasteiger partial charge on any atom is -0.467 e. The maximum absolute atomic E-state index is 12.9. The van der Waals surface area contributed by atoms with E-state index in [1.807, 2.05) is 30.3 Å². The summed E-state index contributed by atoms with van der Waals surface area (Å²) in [4.78, 5) is 16.3. The van der Waals surface area contributed by atoms with Gasteiger partial charge in [0.05, 0.1) is 18.4 Å². The van der Waals surface area contributed by atoms with Gasteiger partial charge in [-0.2, -0.15) is 0 Å². The van der Waals surface area contributed by atoms with Crippen molar-refractivity contribution in [2.75, 3.05) is 0 Å². The van der Waals surface area contributed by atoms with Gasteiger partial charge in [0, 0.05) is 5.69 Å². The molecule has 0 aliphatic heterocycles. The van der Waals surface area contributed by atoms with Crippen LogP contribution < -0.4 is 5.32 Å². The lowest BCUT2D eigenvalue weighted by Gasteiger charge is -2.26. The van der Waals surface area contributed by atoms with E-state index < -0.39 is 0 Å². The molecule has 1 aliphatic rings. The fourth-order valence-corrected chi connectivity index (χ4v) is 4.11. The predicted molar refractivity (Wildman–Crippen MR) is 108 cm³/mol. The zero-order valence-corrected chi connectivity index (χ0v) is 16.1. The molecule has 0 radical (unpaired) electrons. The summed E-state index contributed by atoms with van der Waals surface area (Å²) in [7, 11) is 0. The normalized spacial score (nSPS) is 16.0. The monoisotopic (exact) mass is 378 g/mol. The topological polar surface area (TPSA) is 58.0 Å². The van der Waals surface area contributed by atoms with Crippen LogP contribution in [0.15, 0.2) is 53.1 Å². The molecule has 4 nitrogen and oxygen atoms in total. The molecule has 5 heteroatoms.